The van der Waals surface area contributed by atoms with Gasteiger partial charge in [0.1, 0.15) is 0 Å². The Morgan fingerprint density at radius 2 is 1.57 bits per heavy atom. The first-order chi connectivity index (χ1) is 17.4. The number of nitrogens with zero attached hydrogens (tertiary/aromatic N) is 4. The summed E-state index contributed by atoms with van der Waals surface area (Å²) in [5.41, 5.74) is 0.939. The monoisotopic (exact) mass is 566 g/mol. The van der Waals surface area contributed by atoms with Gasteiger partial charge in [0.05, 0.1) is 20.0 Å². The molecule has 3 rings (SSSR count). The van der Waals surface area contributed by atoms with E-state index in [1.807, 2.05) is 32.8 Å². The summed E-state index contributed by atoms with van der Waals surface area (Å²) >= 11 is 1.24. The Balaban J connectivity index is 1.94. The van der Waals surface area contributed by atoms with Crippen molar-refractivity contribution in [2.24, 2.45) is 0 Å². The zero-order valence-corrected chi connectivity index (χ0v) is 24.3. The predicted octanol–water partition coefficient (Wildman–Crippen LogP) is 3.72. The molecular weight excluding hydrogens is 532 g/mol. The summed E-state index contributed by atoms with van der Waals surface area (Å²) in [6.45, 7) is 5.58. The number of carbonyl (C=O) groups excluding carboxylic acids is 1. The molecule has 0 aliphatic carbocycles. The van der Waals surface area contributed by atoms with Gasteiger partial charge in [-0.05, 0) is 63.0 Å². The minimum atomic E-state index is -3.65. The first-order valence-corrected chi connectivity index (χ1v) is 16.2. The number of thiazole rings is 1. The van der Waals surface area contributed by atoms with Gasteiger partial charge in [-0.2, -0.15) is 4.31 Å². The lowest BCUT2D eigenvalue weighted by Gasteiger charge is -2.23. The topological polar surface area (TPSA) is 108 Å². The molecule has 0 unspecified atom stereocenters. The fourth-order valence-corrected chi connectivity index (χ4v) is 6.92. The van der Waals surface area contributed by atoms with Crippen LogP contribution in [0.4, 0.5) is 5.13 Å². The Kier molecular flexibility index (Phi) is 9.46. The summed E-state index contributed by atoms with van der Waals surface area (Å²) in [5, 5.41) is 0.445. The molecule has 12 heteroatoms. The molecule has 1 heterocycles. The van der Waals surface area contributed by atoms with E-state index in [1.165, 1.54) is 46.0 Å². The molecular formula is C25H34N4O5S3. The van der Waals surface area contributed by atoms with Crippen LogP contribution in [0.2, 0.25) is 0 Å². The van der Waals surface area contributed by atoms with E-state index in [-0.39, 0.29) is 15.7 Å². The highest BCUT2D eigenvalue weighted by atomic mass is 32.2. The van der Waals surface area contributed by atoms with Crippen LogP contribution in [-0.4, -0.2) is 83.5 Å². The Bertz CT molecular complexity index is 1450. The number of anilines is 1. The van der Waals surface area contributed by atoms with Gasteiger partial charge in [-0.1, -0.05) is 31.6 Å². The molecule has 0 N–H and O–H groups in total. The van der Waals surface area contributed by atoms with E-state index < -0.39 is 19.9 Å². The zero-order chi connectivity index (χ0) is 27.4. The lowest BCUT2D eigenvalue weighted by Crippen LogP contribution is -2.36. The number of carbonyl (C=O) groups is 1. The van der Waals surface area contributed by atoms with Gasteiger partial charge in [0, 0.05) is 38.0 Å². The fourth-order valence-electron chi connectivity index (χ4n) is 3.68. The lowest BCUT2D eigenvalue weighted by atomic mass is 10.2. The standard InChI is InChI=1S/C25H34N4O5S3/c1-6-8-15-28(7-2)37(33,34)20-11-9-19(10-12-20)24(30)29(17-16-27(3)4)25-26-22-14-13-21(36(5,31)32)18-23(22)35-25/h9-14,18H,6-8,15-17H2,1-5H3. The maximum Gasteiger partial charge on any atom is 0.260 e. The Morgan fingerprint density at radius 3 is 2.14 bits per heavy atom. The lowest BCUT2D eigenvalue weighted by molar-refractivity contribution is 0.0985. The molecule has 1 amide bonds. The van der Waals surface area contributed by atoms with Crippen molar-refractivity contribution in [1.82, 2.24) is 14.2 Å². The number of aromatic nitrogens is 1. The largest absolute Gasteiger partial charge is 0.308 e. The van der Waals surface area contributed by atoms with Crippen molar-refractivity contribution in [3.8, 4) is 0 Å². The molecule has 0 fully saturated rings. The van der Waals surface area contributed by atoms with Crippen LogP contribution in [-0.2, 0) is 19.9 Å². The molecule has 202 valence electrons. The van der Waals surface area contributed by atoms with Crippen LogP contribution in [0.5, 0.6) is 0 Å². The van der Waals surface area contributed by atoms with E-state index in [9.17, 15) is 21.6 Å². The first-order valence-electron chi connectivity index (χ1n) is 12.1. The second-order valence-electron chi connectivity index (χ2n) is 9.03. The van der Waals surface area contributed by atoms with E-state index in [1.54, 1.807) is 17.0 Å². The van der Waals surface area contributed by atoms with Crippen LogP contribution in [0.1, 0.15) is 37.0 Å². The normalized spacial score (nSPS) is 12.5. The molecule has 2 aromatic carbocycles. The fraction of sp³-hybridized carbons (Fsp3) is 0.440. The number of benzene rings is 2. The molecule has 0 spiro atoms. The number of unbranched alkanes of at least 4 members (excludes halogenated alkanes) is 1. The minimum absolute atomic E-state index is 0.148. The average molecular weight is 567 g/mol. The van der Waals surface area contributed by atoms with Gasteiger partial charge in [-0.15, -0.1) is 0 Å². The van der Waals surface area contributed by atoms with Gasteiger partial charge < -0.3 is 4.90 Å². The van der Waals surface area contributed by atoms with Crippen LogP contribution in [0.15, 0.2) is 52.3 Å². The van der Waals surface area contributed by atoms with Gasteiger partial charge in [0.25, 0.3) is 5.91 Å². The average Bonchev–Trinajstić information content (AvgIpc) is 3.27. The maximum atomic E-state index is 13.6. The highest BCUT2D eigenvalue weighted by molar-refractivity contribution is 7.90. The number of rotatable bonds is 12. The van der Waals surface area contributed by atoms with Gasteiger partial charge >= 0.3 is 0 Å². The third-order valence-corrected chi connectivity index (χ3v) is 10.0. The van der Waals surface area contributed by atoms with Gasteiger partial charge in [-0.25, -0.2) is 21.8 Å². The maximum absolute atomic E-state index is 13.6. The van der Waals surface area contributed by atoms with E-state index in [0.717, 1.165) is 19.1 Å². The van der Waals surface area contributed by atoms with Crippen molar-refractivity contribution < 1.29 is 21.6 Å². The molecule has 0 atom stereocenters. The van der Waals surface area contributed by atoms with Crippen molar-refractivity contribution in [2.75, 3.05) is 51.4 Å². The van der Waals surface area contributed by atoms with Crippen molar-refractivity contribution in [2.45, 2.75) is 36.5 Å². The Hall–Kier alpha value is -2.38. The Labute approximate surface area is 223 Å². The molecule has 0 saturated heterocycles. The number of sulfonamides is 1. The van der Waals surface area contributed by atoms with E-state index in [2.05, 4.69) is 4.98 Å². The van der Waals surface area contributed by atoms with Crippen molar-refractivity contribution in [1.29, 1.82) is 0 Å². The number of likely N-dealkylation sites (N-methyl/N-ethyl adjacent to an activating group) is 1. The molecule has 0 bridgehead atoms. The summed E-state index contributed by atoms with van der Waals surface area (Å²) < 4.78 is 52.2. The highest BCUT2D eigenvalue weighted by Crippen LogP contribution is 2.31. The summed E-state index contributed by atoms with van der Waals surface area (Å²) in [6, 6.07) is 10.7. The number of fused-ring (bicyclic) bond motifs is 1. The number of amides is 1. The van der Waals surface area contributed by atoms with Crippen LogP contribution >= 0.6 is 11.3 Å². The summed E-state index contributed by atoms with van der Waals surface area (Å²) in [5.74, 6) is -0.313. The van der Waals surface area contributed by atoms with Gasteiger partial charge in [0.2, 0.25) is 10.0 Å². The molecule has 1 aromatic heterocycles. The zero-order valence-electron chi connectivity index (χ0n) is 21.8. The van der Waals surface area contributed by atoms with E-state index in [4.69, 9.17) is 0 Å². The predicted molar refractivity (Wildman–Crippen MR) is 149 cm³/mol. The third-order valence-electron chi connectivity index (χ3n) is 5.88. The van der Waals surface area contributed by atoms with Crippen LogP contribution in [0, 0.1) is 0 Å². The number of sulfone groups is 1. The molecule has 0 aliphatic rings. The van der Waals surface area contributed by atoms with Crippen LogP contribution in [0.25, 0.3) is 10.2 Å². The van der Waals surface area contributed by atoms with Crippen molar-refractivity contribution >= 4 is 52.5 Å². The van der Waals surface area contributed by atoms with Crippen LogP contribution < -0.4 is 4.90 Å². The molecule has 0 aliphatic heterocycles. The van der Waals surface area contributed by atoms with Gasteiger partial charge in [-0.3, -0.25) is 9.69 Å². The third kappa shape index (κ3) is 6.94. The molecule has 37 heavy (non-hydrogen) atoms. The van der Waals surface area contributed by atoms with E-state index in [0.29, 0.717) is 47.1 Å². The SMILES string of the molecule is CCCCN(CC)S(=O)(=O)c1ccc(C(=O)N(CCN(C)C)c2nc3ccc(S(C)(=O)=O)cc3s2)cc1. The summed E-state index contributed by atoms with van der Waals surface area (Å²) in [6.07, 6.45) is 2.82. The van der Waals surface area contributed by atoms with E-state index >= 15 is 0 Å². The summed E-state index contributed by atoms with van der Waals surface area (Å²) in [4.78, 5) is 22.0. The second-order valence-corrected chi connectivity index (χ2v) is 14.0. The van der Waals surface area contributed by atoms with Crippen molar-refractivity contribution in [3.63, 3.8) is 0 Å². The molecule has 0 saturated carbocycles. The smallest absolute Gasteiger partial charge is 0.260 e. The quantitative estimate of drug-likeness (QED) is 0.329. The molecule has 0 radical (unpaired) electrons. The Morgan fingerprint density at radius 1 is 0.919 bits per heavy atom. The highest BCUT2D eigenvalue weighted by Gasteiger charge is 2.25. The number of hydrogen-bond acceptors (Lipinski definition) is 8. The molecule has 9 nitrogen and oxygen atoms in total. The molecule has 3 aromatic rings. The van der Waals surface area contributed by atoms with Crippen LogP contribution in [0.3, 0.4) is 0 Å². The van der Waals surface area contributed by atoms with Gasteiger partial charge in [0.15, 0.2) is 15.0 Å². The first kappa shape index (κ1) is 29.2. The van der Waals surface area contributed by atoms with Crippen molar-refractivity contribution in [3.05, 3.63) is 48.0 Å². The minimum Gasteiger partial charge on any atom is -0.308 e. The summed E-state index contributed by atoms with van der Waals surface area (Å²) in [7, 11) is -3.23. The number of hydrogen-bond donors (Lipinski definition) is 0. The second kappa shape index (κ2) is 12.0.